The second kappa shape index (κ2) is 6.50. The zero-order valence-corrected chi connectivity index (χ0v) is 11.0. The van der Waals surface area contributed by atoms with E-state index in [-0.39, 0.29) is 12.5 Å². The summed E-state index contributed by atoms with van der Waals surface area (Å²) in [6, 6.07) is 5.11. The zero-order chi connectivity index (χ0) is 14.4. The van der Waals surface area contributed by atoms with Gasteiger partial charge in [0, 0.05) is 25.0 Å². The first kappa shape index (κ1) is 13.8. The number of carbonyl (C=O) groups is 1. The molecule has 6 nitrogen and oxygen atoms in total. The fourth-order valence-corrected chi connectivity index (χ4v) is 1.56. The first-order valence-electron chi connectivity index (χ1n) is 6.01. The van der Waals surface area contributed by atoms with E-state index in [4.69, 9.17) is 5.11 Å². The number of rotatable bonds is 3. The summed E-state index contributed by atoms with van der Waals surface area (Å²) in [4.78, 5) is 15.9. The van der Waals surface area contributed by atoms with Gasteiger partial charge in [0.2, 0.25) is 0 Å². The average molecular weight is 270 g/mol. The fourth-order valence-electron chi connectivity index (χ4n) is 1.56. The molecule has 0 saturated heterocycles. The van der Waals surface area contributed by atoms with Crippen molar-refractivity contribution < 1.29 is 9.90 Å². The largest absolute Gasteiger partial charge is 0.384 e. The Balaban J connectivity index is 1.95. The first-order chi connectivity index (χ1) is 9.69. The van der Waals surface area contributed by atoms with E-state index in [9.17, 15) is 4.79 Å². The number of aliphatic hydroxyl groups is 1. The van der Waals surface area contributed by atoms with Gasteiger partial charge in [-0.2, -0.15) is 5.10 Å². The number of carbonyl (C=O) groups excluding carboxylic acids is 1. The Morgan fingerprint density at radius 2 is 2.30 bits per heavy atom. The maximum Gasteiger partial charge on any atom is 0.270 e. The van der Waals surface area contributed by atoms with Gasteiger partial charge in [-0.3, -0.25) is 9.48 Å². The van der Waals surface area contributed by atoms with E-state index in [1.54, 1.807) is 16.8 Å². The summed E-state index contributed by atoms with van der Waals surface area (Å²) in [6.45, 7) is 0.153. The van der Waals surface area contributed by atoms with E-state index in [0.29, 0.717) is 17.8 Å². The van der Waals surface area contributed by atoms with Crippen molar-refractivity contribution in [1.29, 1.82) is 0 Å². The highest BCUT2D eigenvalue weighted by molar-refractivity contribution is 5.92. The Morgan fingerprint density at radius 3 is 2.90 bits per heavy atom. The maximum atomic E-state index is 11.9. The average Bonchev–Trinajstić information content (AvgIpc) is 2.89. The van der Waals surface area contributed by atoms with Crippen molar-refractivity contribution in [2.24, 2.45) is 7.05 Å². The number of aliphatic hydroxyl groups excluding tert-OH is 1. The molecule has 1 amide bonds. The minimum absolute atomic E-state index is 0.202. The Bertz CT molecular complexity index is 650. The normalized spacial score (nSPS) is 9.70. The fraction of sp³-hybridized carbons (Fsp3) is 0.214. The standard InChI is InChI=1S/C14H14N4O2/c1-18-7-6-12(17-18)10-16-14(20)13-5-4-11(9-15-13)3-2-8-19/h4-7,9,19H,8,10H2,1H3,(H,16,20). The van der Waals surface area contributed by atoms with Crippen LogP contribution in [0.2, 0.25) is 0 Å². The maximum absolute atomic E-state index is 11.9. The number of nitrogens with one attached hydrogen (secondary N) is 1. The van der Waals surface area contributed by atoms with Crippen LogP contribution in [0.25, 0.3) is 0 Å². The summed E-state index contributed by atoms with van der Waals surface area (Å²) in [7, 11) is 1.82. The molecule has 102 valence electrons. The number of hydrogen-bond acceptors (Lipinski definition) is 4. The van der Waals surface area contributed by atoms with Gasteiger partial charge >= 0.3 is 0 Å². The molecule has 0 fully saturated rings. The topological polar surface area (TPSA) is 80.0 Å². The quantitative estimate of drug-likeness (QED) is 0.775. The predicted molar refractivity (Wildman–Crippen MR) is 72.6 cm³/mol. The van der Waals surface area contributed by atoms with Gasteiger partial charge in [-0.25, -0.2) is 4.98 Å². The molecule has 0 radical (unpaired) electrons. The molecule has 6 heteroatoms. The molecule has 0 atom stereocenters. The highest BCUT2D eigenvalue weighted by Gasteiger charge is 2.07. The Kier molecular flexibility index (Phi) is 4.47. The van der Waals surface area contributed by atoms with Crippen molar-refractivity contribution in [3.05, 3.63) is 47.5 Å². The highest BCUT2D eigenvalue weighted by atomic mass is 16.2. The second-order valence-corrected chi connectivity index (χ2v) is 4.06. The van der Waals surface area contributed by atoms with Gasteiger partial charge in [0.25, 0.3) is 5.91 Å². The first-order valence-corrected chi connectivity index (χ1v) is 6.01. The SMILES string of the molecule is Cn1ccc(CNC(=O)c2ccc(C#CCO)cn2)n1. The Morgan fingerprint density at radius 1 is 1.45 bits per heavy atom. The van der Waals surface area contributed by atoms with Crippen molar-refractivity contribution in [3.63, 3.8) is 0 Å². The summed E-state index contributed by atoms with van der Waals surface area (Å²) in [5.41, 5.74) is 1.75. The van der Waals surface area contributed by atoms with Crippen LogP contribution in [0.3, 0.4) is 0 Å². The van der Waals surface area contributed by atoms with Crippen molar-refractivity contribution in [3.8, 4) is 11.8 Å². The predicted octanol–water partition coefficient (Wildman–Crippen LogP) is 0.0889. The summed E-state index contributed by atoms with van der Waals surface area (Å²) in [6.07, 6.45) is 3.31. The number of aromatic nitrogens is 3. The van der Waals surface area contributed by atoms with Gasteiger partial charge in [0.05, 0.1) is 12.2 Å². The van der Waals surface area contributed by atoms with Gasteiger partial charge in [-0.05, 0) is 18.2 Å². The molecule has 2 aromatic rings. The van der Waals surface area contributed by atoms with Gasteiger partial charge < -0.3 is 10.4 Å². The smallest absolute Gasteiger partial charge is 0.270 e. The van der Waals surface area contributed by atoms with Gasteiger partial charge in [-0.15, -0.1) is 0 Å². The molecule has 0 bridgehead atoms. The molecule has 2 heterocycles. The lowest BCUT2D eigenvalue weighted by Crippen LogP contribution is -2.24. The van der Waals surface area contributed by atoms with Gasteiger partial charge in [0.15, 0.2) is 0 Å². The lowest BCUT2D eigenvalue weighted by molar-refractivity contribution is 0.0945. The van der Waals surface area contributed by atoms with Crippen molar-refractivity contribution >= 4 is 5.91 Å². The van der Waals surface area contributed by atoms with Crippen LogP contribution in [-0.4, -0.2) is 32.4 Å². The summed E-state index contributed by atoms with van der Waals surface area (Å²) < 4.78 is 1.67. The number of hydrogen-bond donors (Lipinski definition) is 2. The summed E-state index contributed by atoms with van der Waals surface area (Å²) >= 11 is 0. The number of nitrogens with zero attached hydrogens (tertiary/aromatic N) is 3. The monoisotopic (exact) mass is 270 g/mol. The van der Waals surface area contributed by atoms with Crippen LogP contribution >= 0.6 is 0 Å². The molecule has 2 N–H and O–H groups in total. The van der Waals surface area contributed by atoms with Crippen LogP contribution in [0, 0.1) is 11.8 Å². The van der Waals surface area contributed by atoms with Crippen molar-refractivity contribution in [1.82, 2.24) is 20.1 Å². The minimum atomic E-state index is -0.266. The molecule has 0 aliphatic heterocycles. The highest BCUT2D eigenvalue weighted by Crippen LogP contribution is 2.00. The molecule has 0 aliphatic rings. The van der Waals surface area contributed by atoms with Gasteiger partial charge in [-0.1, -0.05) is 11.8 Å². The van der Waals surface area contributed by atoms with Crippen LogP contribution in [0.4, 0.5) is 0 Å². The van der Waals surface area contributed by atoms with Crippen LogP contribution in [-0.2, 0) is 13.6 Å². The summed E-state index contributed by atoms with van der Waals surface area (Å²) in [5, 5.41) is 15.5. The zero-order valence-electron chi connectivity index (χ0n) is 11.0. The Labute approximate surface area is 116 Å². The van der Waals surface area contributed by atoms with E-state index in [1.165, 1.54) is 6.20 Å². The number of pyridine rings is 1. The molecule has 0 aliphatic carbocycles. The van der Waals surface area contributed by atoms with E-state index >= 15 is 0 Å². The van der Waals surface area contributed by atoms with E-state index in [0.717, 1.165) is 5.69 Å². The van der Waals surface area contributed by atoms with E-state index in [2.05, 4.69) is 27.2 Å². The van der Waals surface area contributed by atoms with Crippen LogP contribution in [0.15, 0.2) is 30.6 Å². The second-order valence-electron chi connectivity index (χ2n) is 4.06. The lowest BCUT2D eigenvalue weighted by atomic mass is 10.2. The summed E-state index contributed by atoms with van der Waals surface area (Å²) in [5.74, 6) is 4.96. The van der Waals surface area contributed by atoms with Gasteiger partial charge in [0.1, 0.15) is 12.3 Å². The molecule has 2 rings (SSSR count). The molecule has 20 heavy (non-hydrogen) atoms. The van der Waals surface area contributed by atoms with Crippen LogP contribution in [0.1, 0.15) is 21.7 Å². The van der Waals surface area contributed by atoms with Crippen molar-refractivity contribution in [2.45, 2.75) is 6.54 Å². The van der Waals surface area contributed by atoms with Crippen molar-refractivity contribution in [2.75, 3.05) is 6.61 Å². The molecule has 0 saturated carbocycles. The third-order valence-corrected chi connectivity index (χ3v) is 2.51. The number of amides is 1. The van der Waals surface area contributed by atoms with Crippen LogP contribution < -0.4 is 5.32 Å². The Hall–Kier alpha value is -2.65. The third-order valence-electron chi connectivity index (χ3n) is 2.51. The number of aryl methyl sites for hydroxylation is 1. The van der Waals surface area contributed by atoms with E-state index < -0.39 is 0 Å². The lowest BCUT2D eigenvalue weighted by Gasteiger charge is -2.02. The molecule has 0 spiro atoms. The molecule has 0 aromatic carbocycles. The molecule has 0 unspecified atom stereocenters. The molecular formula is C14H14N4O2. The molecular weight excluding hydrogens is 256 g/mol. The van der Waals surface area contributed by atoms with Crippen LogP contribution in [0.5, 0.6) is 0 Å². The molecule has 2 aromatic heterocycles. The third kappa shape index (κ3) is 3.67. The minimum Gasteiger partial charge on any atom is -0.384 e. The van der Waals surface area contributed by atoms with E-state index in [1.807, 2.05) is 19.3 Å².